The van der Waals surface area contributed by atoms with Crippen molar-refractivity contribution in [3.8, 4) is 5.75 Å². The molecule has 19 heavy (non-hydrogen) atoms. The van der Waals surface area contributed by atoms with Crippen molar-refractivity contribution in [1.29, 1.82) is 0 Å². The minimum absolute atomic E-state index is 0.194. The van der Waals surface area contributed by atoms with Crippen LogP contribution in [0.3, 0.4) is 0 Å². The highest BCUT2D eigenvalue weighted by molar-refractivity contribution is 9.10. The molecule has 0 aliphatic heterocycles. The standard InChI is InChI=1S/C15H25BrN2O/c1-5-18(10-11(2)3)14(9-17)13-8-12(16)6-7-15(13)19-4/h6-8,11,14H,5,9-10,17H2,1-4H3. The van der Waals surface area contributed by atoms with Gasteiger partial charge in [0.2, 0.25) is 0 Å². The fourth-order valence-corrected chi connectivity index (χ4v) is 2.76. The summed E-state index contributed by atoms with van der Waals surface area (Å²) in [4.78, 5) is 2.41. The lowest BCUT2D eigenvalue weighted by atomic mass is 10.0. The normalized spacial score (nSPS) is 13.1. The Kier molecular flexibility index (Phi) is 6.83. The lowest BCUT2D eigenvalue weighted by molar-refractivity contribution is 0.186. The number of methoxy groups -OCH3 is 1. The van der Waals surface area contributed by atoms with Gasteiger partial charge in [0.1, 0.15) is 5.75 Å². The predicted octanol–water partition coefficient (Wildman–Crippen LogP) is 3.44. The number of nitrogens with two attached hydrogens (primary N) is 1. The van der Waals surface area contributed by atoms with Gasteiger partial charge in [-0.3, -0.25) is 4.90 Å². The molecule has 3 nitrogen and oxygen atoms in total. The van der Waals surface area contributed by atoms with Gasteiger partial charge in [-0.05, 0) is 30.7 Å². The smallest absolute Gasteiger partial charge is 0.123 e. The van der Waals surface area contributed by atoms with E-state index in [-0.39, 0.29) is 6.04 Å². The summed E-state index contributed by atoms with van der Waals surface area (Å²) >= 11 is 3.53. The molecule has 0 amide bonds. The lowest BCUT2D eigenvalue weighted by Crippen LogP contribution is -2.36. The zero-order chi connectivity index (χ0) is 14.4. The molecule has 0 fully saturated rings. The van der Waals surface area contributed by atoms with Crippen LogP contribution in [0.2, 0.25) is 0 Å². The van der Waals surface area contributed by atoms with E-state index in [0.29, 0.717) is 12.5 Å². The van der Waals surface area contributed by atoms with E-state index in [1.165, 1.54) is 0 Å². The second-order valence-electron chi connectivity index (χ2n) is 5.12. The van der Waals surface area contributed by atoms with Crippen molar-refractivity contribution in [3.63, 3.8) is 0 Å². The minimum atomic E-state index is 0.194. The fraction of sp³-hybridized carbons (Fsp3) is 0.600. The van der Waals surface area contributed by atoms with E-state index >= 15 is 0 Å². The largest absolute Gasteiger partial charge is 0.496 e. The second-order valence-corrected chi connectivity index (χ2v) is 6.03. The molecular weight excluding hydrogens is 304 g/mol. The quantitative estimate of drug-likeness (QED) is 0.833. The van der Waals surface area contributed by atoms with Crippen molar-refractivity contribution in [2.45, 2.75) is 26.8 Å². The summed E-state index contributed by atoms with van der Waals surface area (Å²) in [6, 6.07) is 6.29. The molecule has 4 heteroatoms. The van der Waals surface area contributed by atoms with Gasteiger partial charge in [0.25, 0.3) is 0 Å². The third-order valence-corrected chi connectivity index (χ3v) is 3.71. The summed E-state index contributed by atoms with van der Waals surface area (Å²) in [6.45, 7) is 9.25. The van der Waals surface area contributed by atoms with Crippen LogP contribution in [-0.2, 0) is 0 Å². The molecule has 0 bridgehead atoms. The van der Waals surface area contributed by atoms with Crippen molar-refractivity contribution < 1.29 is 4.74 Å². The van der Waals surface area contributed by atoms with Crippen LogP contribution >= 0.6 is 15.9 Å². The highest BCUT2D eigenvalue weighted by atomic mass is 79.9. The highest BCUT2D eigenvalue weighted by Gasteiger charge is 2.22. The number of benzene rings is 1. The van der Waals surface area contributed by atoms with Crippen LogP contribution in [0.25, 0.3) is 0 Å². The topological polar surface area (TPSA) is 38.5 Å². The van der Waals surface area contributed by atoms with Gasteiger partial charge in [-0.25, -0.2) is 0 Å². The van der Waals surface area contributed by atoms with Gasteiger partial charge >= 0.3 is 0 Å². The Morgan fingerprint density at radius 1 is 1.37 bits per heavy atom. The maximum Gasteiger partial charge on any atom is 0.123 e. The molecule has 0 saturated heterocycles. The van der Waals surface area contributed by atoms with Gasteiger partial charge in [0, 0.05) is 23.1 Å². The lowest BCUT2D eigenvalue weighted by Gasteiger charge is -2.32. The monoisotopic (exact) mass is 328 g/mol. The third kappa shape index (κ3) is 4.48. The van der Waals surface area contributed by atoms with E-state index in [9.17, 15) is 0 Å². The van der Waals surface area contributed by atoms with Crippen LogP contribution < -0.4 is 10.5 Å². The van der Waals surface area contributed by atoms with Crippen molar-refractivity contribution in [3.05, 3.63) is 28.2 Å². The SMILES string of the molecule is CCN(CC(C)C)C(CN)c1cc(Br)ccc1OC. The first kappa shape index (κ1) is 16.5. The predicted molar refractivity (Wildman–Crippen MR) is 84.6 cm³/mol. The molecular formula is C15H25BrN2O. The van der Waals surface area contributed by atoms with Gasteiger partial charge in [0.05, 0.1) is 13.2 Å². The molecule has 1 aromatic carbocycles. The van der Waals surface area contributed by atoms with E-state index in [1.807, 2.05) is 12.1 Å². The molecule has 1 rings (SSSR count). The van der Waals surface area contributed by atoms with E-state index in [0.717, 1.165) is 28.9 Å². The van der Waals surface area contributed by atoms with Gasteiger partial charge in [-0.1, -0.05) is 36.7 Å². The number of hydrogen-bond donors (Lipinski definition) is 1. The summed E-state index contributed by atoms with van der Waals surface area (Å²) in [5.74, 6) is 1.52. The van der Waals surface area contributed by atoms with Crippen LogP contribution in [0, 0.1) is 5.92 Å². The van der Waals surface area contributed by atoms with E-state index < -0.39 is 0 Å². The molecule has 0 aromatic heterocycles. The summed E-state index contributed by atoms with van der Waals surface area (Å²) in [5.41, 5.74) is 7.17. The van der Waals surface area contributed by atoms with Crippen LogP contribution in [0.5, 0.6) is 5.75 Å². The molecule has 1 atom stereocenters. The van der Waals surface area contributed by atoms with E-state index in [1.54, 1.807) is 7.11 Å². The number of nitrogens with zero attached hydrogens (tertiary/aromatic N) is 1. The first-order valence-electron chi connectivity index (χ1n) is 6.81. The number of rotatable bonds is 7. The second kappa shape index (κ2) is 7.88. The maximum atomic E-state index is 6.02. The van der Waals surface area contributed by atoms with Crippen molar-refractivity contribution in [2.24, 2.45) is 11.7 Å². The molecule has 1 aromatic rings. The summed E-state index contributed by atoms with van der Waals surface area (Å²) in [6.07, 6.45) is 0. The molecule has 0 radical (unpaired) electrons. The average Bonchev–Trinajstić information content (AvgIpc) is 2.38. The molecule has 0 aliphatic rings. The molecule has 0 heterocycles. The Morgan fingerprint density at radius 2 is 2.05 bits per heavy atom. The minimum Gasteiger partial charge on any atom is -0.496 e. The number of halogens is 1. The Balaban J connectivity index is 3.10. The van der Waals surface area contributed by atoms with Gasteiger partial charge < -0.3 is 10.5 Å². The van der Waals surface area contributed by atoms with Crippen LogP contribution in [0.1, 0.15) is 32.4 Å². The first-order valence-corrected chi connectivity index (χ1v) is 7.60. The summed E-state index contributed by atoms with van der Waals surface area (Å²) in [5, 5.41) is 0. The van der Waals surface area contributed by atoms with Crippen LogP contribution in [-0.4, -0.2) is 31.6 Å². The van der Waals surface area contributed by atoms with Gasteiger partial charge in [-0.2, -0.15) is 0 Å². The zero-order valence-electron chi connectivity index (χ0n) is 12.3. The van der Waals surface area contributed by atoms with E-state index in [4.69, 9.17) is 10.5 Å². The van der Waals surface area contributed by atoms with E-state index in [2.05, 4.69) is 47.7 Å². The van der Waals surface area contributed by atoms with Crippen molar-refractivity contribution in [1.82, 2.24) is 4.90 Å². The number of likely N-dealkylation sites (N-methyl/N-ethyl adjacent to an activating group) is 1. The Morgan fingerprint density at radius 3 is 2.53 bits per heavy atom. The first-order chi connectivity index (χ1) is 9.03. The Bertz CT molecular complexity index is 396. The number of hydrogen-bond acceptors (Lipinski definition) is 3. The molecule has 0 saturated carbocycles. The fourth-order valence-electron chi connectivity index (χ4n) is 2.38. The molecule has 1 unspecified atom stereocenters. The van der Waals surface area contributed by atoms with Crippen LogP contribution in [0.4, 0.5) is 0 Å². The highest BCUT2D eigenvalue weighted by Crippen LogP contribution is 2.31. The zero-order valence-corrected chi connectivity index (χ0v) is 13.9. The molecule has 2 N–H and O–H groups in total. The molecule has 108 valence electrons. The Hall–Kier alpha value is -0.580. The molecule has 0 aliphatic carbocycles. The number of ether oxygens (including phenoxy) is 1. The summed E-state index contributed by atoms with van der Waals surface area (Å²) in [7, 11) is 1.71. The van der Waals surface area contributed by atoms with Crippen molar-refractivity contribution >= 4 is 15.9 Å². The average molecular weight is 329 g/mol. The van der Waals surface area contributed by atoms with Crippen molar-refractivity contribution in [2.75, 3.05) is 26.7 Å². The Labute approximate surface area is 125 Å². The van der Waals surface area contributed by atoms with Crippen LogP contribution in [0.15, 0.2) is 22.7 Å². The maximum absolute atomic E-state index is 6.02. The van der Waals surface area contributed by atoms with Gasteiger partial charge in [-0.15, -0.1) is 0 Å². The van der Waals surface area contributed by atoms with Gasteiger partial charge in [0.15, 0.2) is 0 Å². The molecule has 0 spiro atoms. The summed E-state index contributed by atoms with van der Waals surface area (Å²) < 4.78 is 6.54. The third-order valence-electron chi connectivity index (χ3n) is 3.22.